The number of rotatable bonds is 4. The zero-order chi connectivity index (χ0) is 10.6. The predicted molar refractivity (Wildman–Crippen MR) is 58.4 cm³/mol. The minimum Gasteiger partial charge on any atom is -0.275 e. The lowest BCUT2D eigenvalue weighted by molar-refractivity contribution is 0.619. The summed E-state index contributed by atoms with van der Waals surface area (Å²) < 4.78 is 24.3. The van der Waals surface area contributed by atoms with E-state index in [4.69, 9.17) is 0 Å². The molecule has 1 aromatic rings. The second-order valence-electron chi connectivity index (χ2n) is 3.78. The minimum atomic E-state index is -3.36. The van der Waals surface area contributed by atoms with Crippen molar-refractivity contribution in [2.45, 2.75) is 32.2 Å². The van der Waals surface area contributed by atoms with E-state index in [1.165, 1.54) is 11.1 Å². The zero-order valence-electron chi connectivity index (χ0n) is 8.63. The molecule has 1 aromatic carbocycles. The van der Waals surface area contributed by atoms with Crippen LogP contribution in [0.1, 0.15) is 30.4 Å². The Morgan fingerprint density at radius 2 is 2.07 bits per heavy atom. The Hall–Kier alpha value is -0.703. The third-order valence-electron chi connectivity index (χ3n) is 2.43. The summed E-state index contributed by atoms with van der Waals surface area (Å²) in [6, 6.07) is 8.25. The molecule has 0 spiro atoms. The van der Waals surface area contributed by atoms with Gasteiger partial charge in [0.15, 0.2) is 0 Å². The van der Waals surface area contributed by atoms with Crippen molar-refractivity contribution < 1.29 is 8.22 Å². The minimum absolute atomic E-state index is 0.134. The summed E-state index contributed by atoms with van der Waals surface area (Å²) in [5.74, 6) is 0.261. The molecule has 0 aliphatic carbocycles. The Bertz CT molecular complexity index is 286. The van der Waals surface area contributed by atoms with Crippen molar-refractivity contribution in [3.8, 4) is 0 Å². The summed E-state index contributed by atoms with van der Waals surface area (Å²) in [6.07, 6.45) is 0.618. The number of hydrogen-bond acceptors (Lipinski definition) is 0. The molecular formula is C11H16F2Si. The predicted octanol–water partition coefficient (Wildman–Crippen LogP) is 3.65. The van der Waals surface area contributed by atoms with E-state index >= 15 is 0 Å². The third-order valence-corrected chi connectivity index (χ3v) is 3.20. The van der Waals surface area contributed by atoms with E-state index in [2.05, 4.69) is 6.07 Å². The topological polar surface area (TPSA) is 0 Å². The number of halogens is 2. The third kappa shape index (κ3) is 3.58. The quantitative estimate of drug-likeness (QED) is 0.530. The van der Waals surface area contributed by atoms with E-state index in [0.717, 1.165) is 0 Å². The molecule has 0 aliphatic rings. The highest BCUT2D eigenvalue weighted by Crippen LogP contribution is 2.22. The van der Waals surface area contributed by atoms with Gasteiger partial charge in [0, 0.05) is 0 Å². The molecule has 0 fully saturated rings. The molecule has 0 saturated heterocycles. The molecule has 0 N–H and O–H groups in total. The first-order valence-electron chi connectivity index (χ1n) is 4.94. The monoisotopic (exact) mass is 214 g/mol. The summed E-state index contributed by atoms with van der Waals surface area (Å²) in [5.41, 5.74) is 2.38. The molecule has 3 heteroatoms. The average Bonchev–Trinajstić information content (AvgIpc) is 2.14. The Morgan fingerprint density at radius 1 is 1.36 bits per heavy atom. The maximum atomic E-state index is 12.1. The first-order valence-corrected chi connectivity index (χ1v) is 6.63. The molecule has 78 valence electrons. The van der Waals surface area contributed by atoms with Gasteiger partial charge in [-0.15, -0.1) is 0 Å². The SMILES string of the molecule is Cc1cccc(C(C)CC[SiH](F)F)c1. The van der Waals surface area contributed by atoms with Crippen LogP contribution in [0.25, 0.3) is 0 Å². The Balaban J connectivity index is 2.56. The van der Waals surface area contributed by atoms with Crippen LogP contribution in [0, 0.1) is 6.92 Å². The molecule has 0 aromatic heterocycles. The highest BCUT2D eigenvalue weighted by molar-refractivity contribution is 6.42. The molecule has 0 nitrogen and oxygen atoms in total. The van der Waals surface area contributed by atoms with Crippen LogP contribution in [0.3, 0.4) is 0 Å². The van der Waals surface area contributed by atoms with Gasteiger partial charge < -0.3 is 0 Å². The van der Waals surface area contributed by atoms with E-state index in [1.807, 2.05) is 32.0 Å². The number of hydrogen-bond donors (Lipinski definition) is 0. The van der Waals surface area contributed by atoms with E-state index in [-0.39, 0.29) is 12.0 Å². The summed E-state index contributed by atoms with van der Waals surface area (Å²) >= 11 is 0. The lowest BCUT2D eigenvalue weighted by Crippen LogP contribution is -2.00. The standard InChI is InChI=1S/C11H16F2Si/c1-9-4-3-5-11(8-9)10(2)6-7-14(12)13/h3-5,8,10,14H,6-7H2,1-2H3. The van der Waals surface area contributed by atoms with Crippen molar-refractivity contribution in [1.29, 1.82) is 0 Å². The molecule has 0 aliphatic heterocycles. The van der Waals surface area contributed by atoms with Crippen LogP contribution in [0.5, 0.6) is 0 Å². The van der Waals surface area contributed by atoms with Crippen molar-refractivity contribution in [3.05, 3.63) is 35.4 Å². The second kappa shape index (κ2) is 5.25. The van der Waals surface area contributed by atoms with Gasteiger partial charge in [-0.2, -0.15) is 0 Å². The van der Waals surface area contributed by atoms with Crippen LogP contribution in [-0.4, -0.2) is 9.46 Å². The highest BCUT2D eigenvalue weighted by atomic mass is 28.4. The van der Waals surface area contributed by atoms with Gasteiger partial charge in [-0.3, -0.25) is 8.22 Å². The Kier molecular flexibility index (Phi) is 4.26. The largest absolute Gasteiger partial charge is 0.411 e. The van der Waals surface area contributed by atoms with Gasteiger partial charge in [0.2, 0.25) is 0 Å². The molecule has 0 saturated carbocycles. The second-order valence-corrected chi connectivity index (χ2v) is 5.14. The summed E-state index contributed by atoms with van der Waals surface area (Å²) in [7, 11) is -3.36. The van der Waals surface area contributed by atoms with Crippen molar-refractivity contribution >= 4 is 9.46 Å². The van der Waals surface area contributed by atoms with E-state index in [1.54, 1.807) is 0 Å². The molecule has 0 radical (unpaired) electrons. The summed E-state index contributed by atoms with van der Waals surface area (Å²) in [6.45, 7) is 4.05. The van der Waals surface area contributed by atoms with E-state index in [9.17, 15) is 8.22 Å². The van der Waals surface area contributed by atoms with Crippen LogP contribution in [0.4, 0.5) is 8.22 Å². The molecular weight excluding hydrogens is 198 g/mol. The molecule has 14 heavy (non-hydrogen) atoms. The molecule has 0 bridgehead atoms. The maximum absolute atomic E-state index is 12.1. The zero-order valence-corrected chi connectivity index (χ0v) is 9.79. The number of aryl methyl sites for hydroxylation is 1. The Labute approximate surface area is 85.9 Å². The first-order chi connectivity index (χ1) is 6.59. The van der Waals surface area contributed by atoms with Crippen molar-refractivity contribution in [3.63, 3.8) is 0 Å². The molecule has 0 amide bonds. The fourth-order valence-electron chi connectivity index (χ4n) is 1.52. The fraction of sp³-hybridized carbons (Fsp3) is 0.455. The summed E-state index contributed by atoms with van der Waals surface area (Å²) in [5, 5.41) is 0. The van der Waals surface area contributed by atoms with Gasteiger partial charge in [-0.25, -0.2) is 0 Å². The van der Waals surface area contributed by atoms with E-state index in [0.29, 0.717) is 6.42 Å². The van der Waals surface area contributed by atoms with Crippen LogP contribution >= 0.6 is 0 Å². The van der Waals surface area contributed by atoms with Crippen LogP contribution in [0.15, 0.2) is 24.3 Å². The van der Waals surface area contributed by atoms with Gasteiger partial charge in [0.05, 0.1) is 0 Å². The van der Waals surface area contributed by atoms with Gasteiger partial charge in [0.25, 0.3) is 0 Å². The lowest BCUT2D eigenvalue weighted by Gasteiger charge is -2.11. The van der Waals surface area contributed by atoms with Crippen LogP contribution < -0.4 is 0 Å². The van der Waals surface area contributed by atoms with Gasteiger partial charge in [-0.1, -0.05) is 36.8 Å². The molecule has 0 heterocycles. The normalized spacial score (nSPS) is 13.2. The molecule has 1 atom stereocenters. The van der Waals surface area contributed by atoms with Crippen molar-refractivity contribution in [2.75, 3.05) is 0 Å². The fourth-order valence-corrected chi connectivity index (χ4v) is 2.27. The van der Waals surface area contributed by atoms with Crippen LogP contribution in [-0.2, 0) is 0 Å². The molecule has 1 rings (SSSR count). The van der Waals surface area contributed by atoms with Gasteiger partial charge in [0.1, 0.15) is 0 Å². The van der Waals surface area contributed by atoms with Crippen molar-refractivity contribution in [1.82, 2.24) is 0 Å². The van der Waals surface area contributed by atoms with Gasteiger partial charge >= 0.3 is 9.46 Å². The average molecular weight is 214 g/mol. The van der Waals surface area contributed by atoms with Gasteiger partial charge in [-0.05, 0) is 30.9 Å². The lowest BCUT2D eigenvalue weighted by atomic mass is 9.97. The van der Waals surface area contributed by atoms with E-state index < -0.39 is 9.46 Å². The smallest absolute Gasteiger partial charge is 0.275 e. The number of benzene rings is 1. The molecule has 1 unspecified atom stereocenters. The van der Waals surface area contributed by atoms with Crippen molar-refractivity contribution in [2.24, 2.45) is 0 Å². The maximum Gasteiger partial charge on any atom is 0.411 e. The Morgan fingerprint density at radius 3 is 2.64 bits per heavy atom. The highest BCUT2D eigenvalue weighted by Gasteiger charge is 2.11. The van der Waals surface area contributed by atoms with Crippen LogP contribution in [0.2, 0.25) is 6.04 Å². The first kappa shape index (κ1) is 11.4. The summed E-state index contributed by atoms with van der Waals surface area (Å²) in [4.78, 5) is 0.